The van der Waals surface area contributed by atoms with Gasteiger partial charge in [-0.05, 0) is 42.0 Å². The SMILES string of the molecule is COc1ccc(CN(C)C(=O)c2ccc(OCc3noc(C)n3)cc2)cc1. The van der Waals surface area contributed by atoms with E-state index in [-0.39, 0.29) is 12.5 Å². The maximum Gasteiger partial charge on any atom is 0.253 e. The van der Waals surface area contributed by atoms with Crippen LogP contribution >= 0.6 is 0 Å². The summed E-state index contributed by atoms with van der Waals surface area (Å²) in [6.07, 6.45) is 0. The molecule has 7 heteroatoms. The minimum absolute atomic E-state index is 0.0637. The number of hydrogen-bond donors (Lipinski definition) is 0. The second-order valence-electron chi connectivity index (χ2n) is 6.05. The molecule has 1 aromatic heterocycles. The summed E-state index contributed by atoms with van der Waals surface area (Å²) in [7, 11) is 3.40. The molecule has 0 spiro atoms. The first-order valence-corrected chi connectivity index (χ1v) is 8.45. The molecule has 0 aliphatic carbocycles. The summed E-state index contributed by atoms with van der Waals surface area (Å²) in [6.45, 7) is 2.44. The Morgan fingerprint density at radius 2 is 1.74 bits per heavy atom. The molecule has 2 aromatic carbocycles. The van der Waals surface area contributed by atoms with E-state index < -0.39 is 0 Å². The van der Waals surface area contributed by atoms with Gasteiger partial charge < -0.3 is 18.9 Å². The summed E-state index contributed by atoms with van der Waals surface area (Å²) in [6, 6.07) is 14.6. The largest absolute Gasteiger partial charge is 0.497 e. The third-order valence-corrected chi connectivity index (χ3v) is 3.96. The summed E-state index contributed by atoms with van der Waals surface area (Å²) in [5, 5.41) is 3.77. The molecule has 3 aromatic rings. The fraction of sp³-hybridized carbons (Fsp3) is 0.250. The summed E-state index contributed by atoms with van der Waals surface area (Å²) in [5.74, 6) is 2.33. The lowest BCUT2D eigenvalue weighted by atomic mass is 10.1. The summed E-state index contributed by atoms with van der Waals surface area (Å²) in [5.41, 5.74) is 1.62. The fourth-order valence-electron chi connectivity index (χ4n) is 2.54. The lowest BCUT2D eigenvalue weighted by molar-refractivity contribution is 0.0785. The number of rotatable bonds is 7. The Morgan fingerprint density at radius 1 is 1.07 bits per heavy atom. The van der Waals surface area contributed by atoms with E-state index in [1.165, 1.54) is 0 Å². The molecule has 0 aliphatic heterocycles. The molecule has 0 fully saturated rings. The molecule has 27 heavy (non-hydrogen) atoms. The summed E-state index contributed by atoms with van der Waals surface area (Å²) in [4.78, 5) is 18.3. The van der Waals surface area contributed by atoms with Crippen LogP contribution in [0.4, 0.5) is 0 Å². The zero-order valence-corrected chi connectivity index (χ0v) is 15.5. The Kier molecular flexibility index (Phi) is 5.71. The first kappa shape index (κ1) is 18.4. The molecule has 3 rings (SSSR count). The number of hydrogen-bond acceptors (Lipinski definition) is 6. The number of amides is 1. The van der Waals surface area contributed by atoms with E-state index in [2.05, 4.69) is 10.1 Å². The molecule has 0 radical (unpaired) electrons. The predicted octanol–water partition coefficient (Wildman–Crippen LogP) is 3.24. The highest BCUT2D eigenvalue weighted by atomic mass is 16.5. The van der Waals surface area contributed by atoms with Crippen LogP contribution in [0.25, 0.3) is 0 Å². The Bertz CT molecular complexity index is 888. The summed E-state index contributed by atoms with van der Waals surface area (Å²) >= 11 is 0. The molecular formula is C20H21N3O4. The molecule has 1 heterocycles. The van der Waals surface area contributed by atoms with Crippen molar-refractivity contribution in [2.45, 2.75) is 20.1 Å². The van der Waals surface area contributed by atoms with Crippen molar-refractivity contribution in [2.24, 2.45) is 0 Å². The maximum atomic E-state index is 12.6. The minimum Gasteiger partial charge on any atom is -0.497 e. The molecule has 0 atom stereocenters. The number of nitrogens with zero attached hydrogens (tertiary/aromatic N) is 3. The minimum atomic E-state index is -0.0637. The smallest absolute Gasteiger partial charge is 0.253 e. The first-order valence-electron chi connectivity index (χ1n) is 8.45. The first-order chi connectivity index (χ1) is 13.0. The second-order valence-corrected chi connectivity index (χ2v) is 6.05. The normalized spacial score (nSPS) is 10.5. The van der Waals surface area contributed by atoms with Gasteiger partial charge in [0.05, 0.1) is 7.11 Å². The third-order valence-electron chi connectivity index (χ3n) is 3.96. The molecule has 1 amide bonds. The number of carbonyl (C=O) groups is 1. The molecule has 140 valence electrons. The number of benzene rings is 2. The Labute approximate surface area is 157 Å². The van der Waals surface area contributed by atoms with Gasteiger partial charge in [0.2, 0.25) is 11.7 Å². The van der Waals surface area contributed by atoms with Crippen LogP contribution in [0.1, 0.15) is 27.6 Å². The zero-order chi connectivity index (χ0) is 19.2. The van der Waals surface area contributed by atoms with Crippen molar-refractivity contribution in [3.05, 3.63) is 71.4 Å². The van der Waals surface area contributed by atoms with Gasteiger partial charge in [-0.25, -0.2) is 0 Å². The number of carbonyl (C=O) groups excluding carboxylic acids is 1. The van der Waals surface area contributed by atoms with Crippen LogP contribution < -0.4 is 9.47 Å². The summed E-state index contributed by atoms with van der Waals surface area (Å²) < 4.78 is 15.6. The van der Waals surface area contributed by atoms with Crippen LogP contribution in [0.5, 0.6) is 11.5 Å². The monoisotopic (exact) mass is 367 g/mol. The van der Waals surface area contributed by atoms with Gasteiger partial charge in [0.1, 0.15) is 11.5 Å². The van der Waals surface area contributed by atoms with Gasteiger partial charge in [0.25, 0.3) is 5.91 Å². The average molecular weight is 367 g/mol. The number of methoxy groups -OCH3 is 1. The van der Waals surface area contributed by atoms with Gasteiger partial charge >= 0.3 is 0 Å². The van der Waals surface area contributed by atoms with E-state index in [0.29, 0.717) is 29.6 Å². The lowest BCUT2D eigenvalue weighted by Crippen LogP contribution is -2.26. The standard InChI is InChI=1S/C20H21N3O4/c1-14-21-19(22-27-14)13-26-18-10-6-16(7-11-18)20(24)23(2)12-15-4-8-17(25-3)9-5-15/h4-11H,12-13H2,1-3H3. The van der Waals surface area contributed by atoms with Gasteiger partial charge in [-0.15, -0.1) is 0 Å². The molecule has 0 N–H and O–H groups in total. The molecular weight excluding hydrogens is 346 g/mol. The van der Waals surface area contributed by atoms with E-state index in [4.69, 9.17) is 14.0 Å². The van der Waals surface area contributed by atoms with Crippen LogP contribution in [-0.4, -0.2) is 35.1 Å². The quantitative estimate of drug-likeness (QED) is 0.638. The van der Waals surface area contributed by atoms with E-state index >= 15 is 0 Å². The highest BCUT2D eigenvalue weighted by Crippen LogP contribution is 2.17. The predicted molar refractivity (Wildman–Crippen MR) is 98.6 cm³/mol. The maximum absolute atomic E-state index is 12.6. The van der Waals surface area contributed by atoms with Crippen molar-refractivity contribution in [1.29, 1.82) is 0 Å². The number of ether oxygens (including phenoxy) is 2. The van der Waals surface area contributed by atoms with Crippen molar-refractivity contribution in [3.8, 4) is 11.5 Å². The van der Waals surface area contributed by atoms with E-state index in [1.807, 2.05) is 24.3 Å². The lowest BCUT2D eigenvalue weighted by Gasteiger charge is -2.17. The van der Waals surface area contributed by atoms with Crippen LogP contribution in [0.3, 0.4) is 0 Å². The van der Waals surface area contributed by atoms with Gasteiger partial charge in [-0.2, -0.15) is 4.98 Å². The number of aryl methyl sites for hydroxylation is 1. The van der Waals surface area contributed by atoms with Crippen molar-refractivity contribution >= 4 is 5.91 Å². The van der Waals surface area contributed by atoms with Crippen LogP contribution in [0.15, 0.2) is 53.1 Å². The molecule has 0 saturated carbocycles. The Hall–Kier alpha value is -3.35. The fourth-order valence-corrected chi connectivity index (χ4v) is 2.54. The van der Waals surface area contributed by atoms with E-state index in [0.717, 1.165) is 11.3 Å². The van der Waals surface area contributed by atoms with Crippen LogP contribution in [0.2, 0.25) is 0 Å². The van der Waals surface area contributed by atoms with Crippen LogP contribution in [-0.2, 0) is 13.2 Å². The molecule has 0 aliphatic rings. The average Bonchev–Trinajstić information content (AvgIpc) is 3.12. The van der Waals surface area contributed by atoms with Crippen molar-refractivity contribution in [1.82, 2.24) is 15.0 Å². The van der Waals surface area contributed by atoms with Crippen molar-refractivity contribution in [3.63, 3.8) is 0 Å². The second kappa shape index (κ2) is 8.35. The zero-order valence-electron chi connectivity index (χ0n) is 15.5. The Balaban J connectivity index is 1.57. The molecule has 0 unspecified atom stereocenters. The van der Waals surface area contributed by atoms with Gasteiger partial charge in [0, 0.05) is 26.1 Å². The molecule has 0 bridgehead atoms. The highest BCUT2D eigenvalue weighted by molar-refractivity contribution is 5.94. The topological polar surface area (TPSA) is 77.7 Å². The van der Waals surface area contributed by atoms with Gasteiger partial charge in [0.15, 0.2) is 6.61 Å². The van der Waals surface area contributed by atoms with E-state index in [9.17, 15) is 4.79 Å². The molecule has 0 saturated heterocycles. The van der Waals surface area contributed by atoms with Crippen molar-refractivity contribution < 1.29 is 18.8 Å². The highest BCUT2D eigenvalue weighted by Gasteiger charge is 2.12. The third kappa shape index (κ3) is 4.84. The Morgan fingerprint density at radius 3 is 2.33 bits per heavy atom. The van der Waals surface area contributed by atoms with Crippen molar-refractivity contribution in [2.75, 3.05) is 14.2 Å². The van der Waals surface area contributed by atoms with E-state index in [1.54, 1.807) is 50.2 Å². The molecule has 7 nitrogen and oxygen atoms in total. The van der Waals surface area contributed by atoms with Gasteiger partial charge in [-0.3, -0.25) is 4.79 Å². The van der Waals surface area contributed by atoms with Crippen LogP contribution in [0, 0.1) is 6.92 Å². The van der Waals surface area contributed by atoms with Gasteiger partial charge in [-0.1, -0.05) is 17.3 Å². The number of aromatic nitrogens is 2.